The number of nitrogens with two attached hydrogens (primary N) is 4. The Kier molecular flexibility index (Phi) is 59.9. The molecule has 14 unspecified atom stereocenters. The summed E-state index contributed by atoms with van der Waals surface area (Å²) in [5.74, 6) is -4.22. The number of aromatic amines is 4. The van der Waals surface area contributed by atoms with Crippen LogP contribution in [0.5, 0.6) is 0 Å². The summed E-state index contributed by atoms with van der Waals surface area (Å²) in [4.78, 5) is 256. The third kappa shape index (κ3) is 48.1. The molecule has 0 spiro atoms. The van der Waals surface area contributed by atoms with Crippen LogP contribution >= 0.6 is 127 Å². The number of H-pyrrole nitrogens is 4. The second-order valence-corrected chi connectivity index (χ2v) is 48.2. The molecule has 4 aliphatic heterocycles. The summed E-state index contributed by atoms with van der Waals surface area (Å²) in [6.07, 6.45) is -7.88. The van der Waals surface area contributed by atoms with Crippen molar-refractivity contribution >= 4 is 195 Å². The van der Waals surface area contributed by atoms with Crippen LogP contribution in [0.2, 0.25) is 0 Å². The minimum absolute atomic E-state index is 0. The quantitative estimate of drug-likeness (QED) is 0.0186. The molecule has 0 amide bonds. The molecular weight excluding hydrogens is 2570 g/mol. The van der Waals surface area contributed by atoms with Crippen LogP contribution in [0.15, 0.2) is 44.5 Å². The van der Waals surface area contributed by atoms with Gasteiger partial charge in [0.15, 0.2) is 101 Å². The van der Waals surface area contributed by atoms with Gasteiger partial charge in [-0.1, -0.05) is 13.8 Å². The van der Waals surface area contributed by atoms with E-state index in [0.717, 1.165) is 17.2 Å². The third-order valence-corrected chi connectivity index (χ3v) is 30.4. The summed E-state index contributed by atoms with van der Waals surface area (Å²) in [7, 11) is -62.7. The van der Waals surface area contributed by atoms with Gasteiger partial charge in [-0.15, -0.1) is 0 Å². The van der Waals surface area contributed by atoms with Crippen molar-refractivity contribution < 1.29 is 366 Å². The molecule has 142 heavy (non-hydrogen) atoms. The van der Waals surface area contributed by atoms with E-state index in [9.17, 15) is 93.5 Å². The van der Waals surface area contributed by atoms with E-state index in [2.05, 4.69) is 73.0 Å². The first-order valence-corrected chi connectivity index (χ1v) is 62.2. The summed E-state index contributed by atoms with van der Waals surface area (Å²) in [6, 6.07) is 0. The Morgan fingerprint density at radius 1 is 0.394 bits per heavy atom. The first-order valence-electron chi connectivity index (χ1n) is 36.5. The summed E-state index contributed by atoms with van der Waals surface area (Å²) >= 11 is 0. The van der Waals surface area contributed by atoms with E-state index in [1.807, 2.05) is 13.8 Å². The van der Waals surface area contributed by atoms with Crippen molar-refractivity contribution in [2.45, 2.75) is 100 Å². The van der Waals surface area contributed by atoms with Gasteiger partial charge in [0.2, 0.25) is 23.8 Å². The van der Waals surface area contributed by atoms with Crippen LogP contribution in [0, 0.1) is 11.8 Å². The molecule has 4 radical (unpaired) electrons. The third-order valence-electron chi connectivity index (χ3n) is 16.7. The Hall–Kier alpha value is -0.664. The van der Waals surface area contributed by atoms with Crippen LogP contribution in [0.1, 0.15) is 51.6 Å². The van der Waals surface area contributed by atoms with E-state index in [1.165, 1.54) is 48.4 Å². The number of hydrogen-bond acceptors (Lipinski definition) is 46. The number of imidazole rings is 4. The SMILES string of the molecule is CC1C(O[PH](C)=O)[C@@H](CO[PH](C)=O)O[C@H]1n1cnc2c(=O)[nH]c(N)nc21.CC1C(O[PH](C)=O)[C@H](n2cnc3c(=O)[nH]c(N)nc32)O[C@@H]1CO[PH](C)=O.Nc1nc2c(ncn2[C@@H]2O[C@H](COP(=O)(O)OP(=O)(O)O)CC2OP(=O)(O)OP(=O)(O)O)c(=O)[nH]1.Nc1nc2c(ncn2[C@H]2CC(OP(=O)(O)CP(=O)(O)O)[C@@H](COP(=O)(O)CP(=O)(O)O)O2)c(=O)[nH]1.O=[PH](O)O.O=[PH](O)O.O=[PH](O)O.O=[PH](O)O.[Y].[Y].[Y].[Y]. The zero-order chi connectivity index (χ0) is 105. The first kappa shape index (κ1) is 139. The average Bonchev–Trinajstić information content (AvgIpc) is 1.62. The maximum absolute atomic E-state index is 12.3. The van der Waals surface area contributed by atoms with Gasteiger partial charge in [-0.05, 0) is 0 Å². The summed E-state index contributed by atoms with van der Waals surface area (Å²) in [5.41, 5.74) is 20.0. The maximum Gasteiger partial charge on any atom is 0.481 e. The number of hydrogen-bond donors (Lipinski definition) is 28. The van der Waals surface area contributed by atoms with E-state index < -0.39 is 254 Å². The molecular formula is C48H92N20O54P16Y4. The fourth-order valence-electron chi connectivity index (χ4n) is 12.2. The molecule has 4 fully saturated rings. The zero-order valence-electron chi connectivity index (χ0n) is 72.4. The van der Waals surface area contributed by atoms with E-state index in [0.29, 0.717) is 0 Å². The molecule has 22 atom stereocenters. The summed E-state index contributed by atoms with van der Waals surface area (Å²) in [6.45, 7) is 8.02. The largest absolute Gasteiger partial charge is 0.481 e. The number of fused-ring (bicyclic) bond motifs is 4. The van der Waals surface area contributed by atoms with E-state index in [1.54, 1.807) is 4.57 Å². The van der Waals surface area contributed by atoms with Crippen LogP contribution < -0.4 is 45.2 Å². The van der Waals surface area contributed by atoms with Gasteiger partial charge in [0, 0.05) is 182 Å². The van der Waals surface area contributed by atoms with Gasteiger partial charge in [-0.2, -0.15) is 28.6 Å². The fourth-order valence-corrected chi connectivity index (χ4v) is 23.2. The zero-order valence-corrected chi connectivity index (χ0v) is 98.9. The predicted molar refractivity (Wildman–Crippen MR) is 470 cm³/mol. The van der Waals surface area contributed by atoms with Crippen molar-refractivity contribution in [1.29, 1.82) is 0 Å². The molecule has 0 bridgehead atoms. The number of nitrogens with zero attached hydrogens (tertiary/aromatic N) is 12. The normalized spacial score (nSPS) is 23.7. The number of nitrogens with one attached hydrogen (secondary N) is 4. The monoisotopic (exact) mass is 2660 g/mol. The molecule has 94 heteroatoms. The average molecular weight is 2660 g/mol. The van der Waals surface area contributed by atoms with Crippen molar-refractivity contribution in [1.82, 2.24) is 78.1 Å². The van der Waals surface area contributed by atoms with Crippen LogP contribution in [-0.4, -0.2) is 290 Å². The minimum Gasteiger partial charge on any atom is -0.369 e. The van der Waals surface area contributed by atoms with E-state index in [4.69, 9.17) is 170 Å². The molecule has 0 aromatic carbocycles. The molecule has 0 saturated carbocycles. The molecule has 74 nitrogen and oxygen atoms in total. The Morgan fingerprint density at radius 2 is 0.732 bits per heavy atom. The number of rotatable bonds is 32. The van der Waals surface area contributed by atoms with Gasteiger partial charge in [0.1, 0.15) is 43.0 Å². The molecule has 32 N–H and O–H groups in total. The van der Waals surface area contributed by atoms with Gasteiger partial charge >= 0.3 is 94.7 Å². The standard InChI is InChI=1S/2C13H21N5O6P2.C12H21N5O14P4.C10H17N5O16P4.4H3O3P.4Y/c1-6-9(24-26(3)21)7(4-22-25(2)20)23-12(6)18-5-15-8-10(18)16-13(14)17-11(8)19;1-6-7(4-22-25(2)20)23-12(9(6)24-26(3)21)18-5-15-8-10(18)16-13(14)17-11(8)19;13-12-15-10-9(11(18)16-12)14-3-17(10)8-1-6(31-35(27,28)5-33(22,23)24)7(30-8)2-29-34(25,26)4-32(19,20)21;11-10-13-7-6(8(16)14-10)12-3-15(7)9-5(29-35(25,26)31-33(20,21)22)1-4(28-9)2-27-34(23,24)30-32(17,18)19;4*1-4(2)3;;;;/h2*5-7,9,12,25-26H,4H2,1-3H3,(H3,14,16,17,19);3,6-8H,1-2,4-5H2,(H,25,26)(H,27,28)(H2,19,20,21)(H2,22,23,24)(H3,13,15,16,18);3-5,9H,1-2H2,(H,23,24)(H,25,26)(H2,17,18,19)(H2,20,21,22)(H3,11,13,14,16);4*4H,(H2,1,2,3);;;;/t2*6?,7-,9?,12-;6?,7-,8-;4-,5?,9+;;;;;;;;/m1110......../s1. The van der Waals surface area contributed by atoms with E-state index in [-0.39, 0.29) is 231 Å². The van der Waals surface area contributed by atoms with Crippen LogP contribution in [-0.2, 0) is 268 Å². The molecule has 0 aliphatic carbocycles. The van der Waals surface area contributed by atoms with Gasteiger partial charge in [-0.3, -0.25) is 121 Å². The van der Waals surface area contributed by atoms with Gasteiger partial charge < -0.3 is 167 Å². The Balaban J connectivity index is 0.000000896. The van der Waals surface area contributed by atoms with Crippen molar-refractivity contribution in [2.24, 2.45) is 11.8 Å². The van der Waals surface area contributed by atoms with Crippen molar-refractivity contribution in [3.05, 3.63) is 66.7 Å². The smallest absolute Gasteiger partial charge is 0.369 e. The summed E-state index contributed by atoms with van der Waals surface area (Å²) in [5, 5.41) is 0. The Morgan fingerprint density at radius 3 is 1.11 bits per heavy atom. The number of ether oxygens (including phenoxy) is 4. The van der Waals surface area contributed by atoms with Crippen molar-refractivity contribution in [3.63, 3.8) is 0 Å². The molecule has 800 valence electrons. The molecule has 12 heterocycles. The Labute approximate surface area is 897 Å². The summed E-state index contributed by atoms with van der Waals surface area (Å²) < 4.78 is 249. The second-order valence-electron chi connectivity index (χ2n) is 27.4. The first-order chi connectivity index (χ1) is 63.2. The van der Waals surface area contributed by atoms with E-state index >= 15 is 0 Å². The molecule has 8 aromatic rings. The number of phosphoric ester groups is 2. The minimum atomic E-state index is -5.50. The maximum atomic E-state index is 12.3. The fraction of sp³-hybridized carbons (Fsp3) is 0.583. The number of phosphoric acid groups is 4. The van der Waals surface area contributed by atoms with Gasteiger partial charge in [0.25, 0.3) is 22.2 Å². The van der Waals surface area contributed by atoms with Gasteiger partial charge in [-0.25, -0.2) is 38.2 Å². The van der Waals surface area contributed by atoms with Crippen molar-refractivity contribution in [3.8, 4) is 0 Å². The molecule has 8 aromatic heterocycles. The molecule has 4 aliphatic rings. The number of anilines is 4. The second kappa shape index (κ2) is 61.0. The Bertz CT molecular complexity index is 6380. The predicted octanol–water partition coefficient (Wildman–Crippen LogP) is -3.03. The van der Waals surface area contributed by atoms with Gasteiger partial charge in [0.05, 0.1) is 70.0 Å². The molecule has 4 saturated heterocycles. The topological polar surface area (TPSA) is 1170 Å². The van der Waals surface area contributed by atoms with Crippen LogP contribution in [0.3, 0.4) is 0 Å². The number of nitrogen functional groups attached to an aromatic ring is 4. The van der Waals surface area contributed by atoms with Crippen molar-refractivity contribution in [2.75, 3.05) is 87.8 Å². The molecule has 12 rings (SSSR count). The van der Waals surface area contributed by atoms with Crippen LogP contribution in [0.4, 0.5) is 23.8 Å². The van der Waals surface area contributed by atoms with Crippen LogP contribution in [0.25, 0.3) is 44.7 Å². The number of aromatic nitrogens is 16.